The molecule has 0 bridgehead atoms. The molecule has 0 N–H and O–H groups in total. The van der Waals surface area contributed by atoms with Crippen LogP contribution in [0.3, 0.4) is 0 Å². The number of carbonyl (C=O) groups excluding carboxylic acids is 1. The molecule has 3 aromatic rings. The number of rotatable bonds is 4. The van der Waals surface area contributed by atoms with Crippen LogP contribution in [0.5, 0.6) is 0 Å². The van der Waals surface area contributed by atoms with E-state index in [-0.39, 0.29) is 5.78 Å². The number of carbonyl (C=O) groups is 1. The van der Waals surface area contributed by atoms with Gasteiger partial charge in [-0.25, -0.2) is 4.98 Å². The third-order valence-corrected chi connectivity index (χ3v) is 3.54. The van der Waals surface area contributed by atoms with Crippen LogP contribution in [-0.4, -0.2) is 15.2 Å². The molecule has 0 aliphatic rings. The standard InChI is InChI=1S/C17H16N2O/c1-13-5-2-3-6-14(13)11-16(20)12-15-7-4-8-17-18-9-10-19(15)17/h2-10H,11-12H2,1H3. The summed E-state index contributed by atoms with van der Waals surface area (Å²) in [6.45, 7) is 2.04. The Morgan fingerprint density at radius 2 is 1.95 bits per heavy atom. The van der Waals surface area contributed by atoms with Gasteiger partial charge in [0.15, 0.2) is 0 Å². The molecule has 3 rings (SSSR count). The first kappa shape index (κ1) is 12.6. The minimum atomic E-state index is 0.223. The Hall–Kier alpha value is -2.42. The number of benzene rings is 1. The molecule has 0 unspecified atom stereocenters. The van der Waals surface area contributed by atoms with Crippen LogP contribution in [0.1, 0.15) is 16.8 Å². The van der Waals surface area contributed by atoms with Crippen molar-refractivity contribution in [3.05, 3.63) is 71.7 Å². The van der Waals surface area contributed by atoms with Crippen molar-refractivity contribution in [2.75, 3.05) is 0 Å². The molecular weight excluding hydrogens is 248 g/mol. The number of aryl methyl sites for hydroxylation is 1. The highest BCUT2D eigenvalue weighted by atomic mass is 16.1. The van der Waals surface area contributed by atoms with Gasteiger partial charge < -0.3 is 4.40 Å². The zero-order valence-electron chi connectivity index (χ0n) is 11.4. The maximum atomic E-state index is 12.3. The van der Waals surface area contributed by atoms with E-state index in [0.29, 0.717) is 12.8 Å². The van der Waals surface area contributed by atoms with E-state index >= 15 is 0 Å². The van der Waals surface area contributed by atoms with Gasteiger partial charge in [0.05, 0.1) is 0 Å². The average Bonchev–Trinajstić information content (AvgIpc) is 2.91. The minimum absolute atomic E-state index is 0.223. The summed E-state index contributed by atoms with van der Waals surface area (Å²) in [4.78, 5) is 16.5. The number of pyridine rings is 1. The van der Waals surface area contributed by atoms with Crippen molar-refractivity contribution < 1.29 is 4.79 Å². The van der Waals surface area contributed by atoms with Crippen LogP contribution in [0.15, 0.2) is 54.9 Å². The van der Waals surface area contributed by atoms with Crippen molar-refractivity contribution in [2.24, 2.45) is 0 Å². The van der Waals surface area contributed by atoms with Gasteiger partial charge in [0.2, 0.25) is 0 Å². The van der Waals surface area contributed by atoms with Gasteiger partial charge in [0.1, 0.15) is 11.4 Å². The highest BCUT2D eigenvalue weighted by Gasteiger charge is 2.09. The molecule has 0 aliphatic heterocycles. The highest BCUT2D eigenvalue weighted by molar-refractivity contribution is 5.83. The summed E-state index contributed by atoms with van der Waals surface area (Å²) in [6.07, 6.45) is 4.57. The lowest BCUT2D eigenvalue weighted by Gasteiger charge is -2.07. The van der Waals surface area contributed by atoms with E-state index < -0.39 is 0 Å². The lowest BCUT2D eigenvalue weighted by atomic mass is 10.0. The van der Waals surface area contributed by atoms with Gasteiger partial charge in [-0.1, -0.05) is 30.3 Å². The number of hydrogen-bond donors (Lipinski definition) is 0. The molecule has 0 fully saturated rings. The van der Waals surface area contributed by atoms with E-state index in [1.165, 1.54) is 5.56 Å². The maximum absolute atomic E-state index is 12.3. The van der Waals surface area contributed by atoms with Crippen molar-refractivity contribution in [1.29, 1.82) is 0 Å². The SMILES string of the molecule is Cc1ccccc1CC(=O)Cc1cccc2nccn12. The second-order valence-corrected chi connectivity index (χ2v) is 4.99. The molecule has 0 saturated heterocycles. The number of Topliss-reactive ketones (excluding diaryl/α,β-unsaturated/α-hetero) is 1. The fraction of sp³-hybridized carbons (Fsp3) is 0.176. The van der Waals surface area contributed by atoms with Crippen molar-refractivity contribution >= 4 is 11.4 Å². The smallest absolute Gasteiger partial charge is 0.143 e. The highest BCUT2D eigenvalue weighted by Crippen LogP contribution is 2.11. The van der Waals surface area contributed by atoms with E-state index in [2.05, 4.69) is 4.98 Å². The van der Waals surface area contributed by atoms with E-state index in [1.807, 2.05) is 60.0 Å². The molecule has 100 valence electrons. The molecule has 3 nitrogen and oxygen atoms in total. The Kier molecular flexibility index (Phi) is 3.33. The van der Waals surface area contributed by atoms with Gasteiger partial charge in [-0.05, 0) is 30.2 Å². The van der Waals surface area contributed by atoms with Crippen LogP contribution in [0.4, 0.5) is 0 Å². The lowest BCUT2D eigenvalue weighted by Crippen LogP contribution is -2.10. The molecule has 2 heterocycles. The molecule has 2 aromatic heterocycles. The van der Waals surface area contributed by atoms with Gasteiger partial charge >= 0.3 is 0 Å². The summed E-state index contributed by atoms with van der Waals surface area (Å²) in [5.41, 5.74) is 4.14. The summed E-state index contributed by atoms with van der Waals surface area (Å²) >= 11 is 0. The van der Waals surface area contributed by atoms with E-state index in [0.717, 1.165) is 16.9 Å². The second kappa shape index (κ2) is 5.29. The molecule has 0 radical (unpaired) electrons. The topological polar surface area (TPSA) is 34.4 Å². The van der Waals surface area contributed by atoms with Crippen LogP contribution in [0.25, 0.3) is 5.65 Å². The van der Waals surface area contributed by atoms with Gasteiger partial charge in [0.25, 0.3) is 0 Å². The molecule has 0 amide bonds. The number of ketones is 1. The number of nitrogens with zero attached hydrogens (tertiary/aromatic N) is 2. The molecule has 20 heavy (non-hydrogen) atoms. The maximum Gasteiger partial charge on any atom is 0.143 e. The average molecular weight is 264 g/mol. The summed E-state index contributed by atoms with van der Waals surface area (Å²) in [7, 11) is 0. The predicted octanol–water partition coefficient (Wildman–Crippen LogP) is 3.00. The van der Waals surface area contributed by atoms with Crippen LogP contribution in [0, 0.1) is 6.92 Å². The Morgan fingerprint density at radius 3 is 2.80 bits per heavy atom. The van der Waals surface area contributed by atoms with Gasteiger partial charge in [-0.3, -0.25) is 4.79 Å². The van der Waals surface area contributed by atoms with E-state index in [4.69, 9.17) is 0 Å². The van der Waals surface area contributed by atoms with Gasteiger partial charge in [0, 0.05) is 30.9 Å². The first-order valence-corrected chi connectivity index (χ1v) is 6.71. The Morgan fingerprint density at radius 1 is 1.10 bits per heavy atom. The predicted molar refractivity (Wildman–Crippen MR) is 78.8 cm³/mol. The summed E-state index contributed by atoms with van der Waals surface area (Å²) in [5, 5.41) is 0. The van der Waals surface area contributed by atoms with Crippen LogP contribution < -0.4 is 0 Å². The van der Waals surface area contributed by atoms with Crippen molar-refractivity contribution in [3.63, 3.8) is 0 Å². The third kappa shape index (κ3) is 2.48. The van der Waals surface area contributed by atoms with Crippen molar-refractivity contribution in [2.45, 2.75) is 19.8 Å². The number of fused-ring (bicyclic) bond motifs is 1. The third-order valence-electron chi connectivity index (χ3n) is 3.54. The zero-order chi connectivity index (χ0) is 13.9. The molecule has 3 heteroatoms. The number of imidazole rings is 1. The molecule has 0 saturated carbocycles. The van der Waals surface area contributed by atoms with E-state index in [9.17, 15) is 4.79 Å². The van der Waals surface area contributed by atoms with Gasteiger partial charge in [-0.15, -0.1) is 0 Å². The fourth-order valence-corrected chi connectivity index (χ4v) is 2.44. The fourth-order valence-electron chi connectivity index (χ4n) is 2.44. The molecule has 0 atom stereocenters. The Balaban J connectivity index is 1.80. The first-order valence-electron chi connectivity index (χ1n) is 6.71. The summed E-state index contributed by atoms with van der Waals surface area (Å²) in [6, 6.07) is 13.9. The lowest BCUT2D eigenvalue weighted by molar-refractivity contribution is -0.117. The Labute approximate surface area is 117 Å². The number of aromatic nitrogens is 2. The van der Waals surface area contributed by atoms with Crippen molar-refractivity contribution in [3.8, 4) is 0 Å². The Bertz CT molecular complexity index is 758. The molecule has 0 spiro atoms. The van der Waals surface area contributed by atoms with Crippen LogP contribution in [0.2, 0.25) is 0 Å². The normalized spacial score (nSPS) is 10.8. The molecular formula is C17H16N2O. The zero-order valence-corrected chi connectivity index (χ0v) is 11.4. The largest absolute Gasteiger partial charge is 0.304 e. The minimum Gasteiger partial charge on any atom is -0.304 e. The summed E-state index contributed by atoms with van der Waals surface area (Å²) < 4.78 is 1.97. The van der Waals surface area contributed by atoms with Crippen molar-refractivity contribution in [1.82, 2.24) is 9.38 Å². The van der Waals surface area contributed by atoms with Crippen LogP contribution >= 0.6 is 0 Å². The first-order chi connectivity index (χ1) is 9.74. The molecule has 1 aromatic carbocycles. The molecule has 0 aliphatic carbocycles. The monoisotopic (exact) mass is 264 g/mol. The quantitative estimate of drug-likeness (QED) is 0.726. The second-order valence-electron chi connectivity index (χ2n) is 4.99. The van der Waals surface area contributed by atoms with E-state index in [1.54, 1.807) is 6.20 Å². The van der Waals surface area contributed by atoms with Gasteiger partial charge in [-0.2, -0.15) is 0 Å². The van der Waals surface area contributed by atoms with Crippen LogP contribution in [-0.2, 0) is 17.6 Å². The number of hydrogen-bond acceptors (Lipinski definition) is 2. The summed E-state index contributed by atoms with van der Waals surface area (Å²) in [5.74, 6) is 0.223.